The third kappa shape index (κ3) is 1.94. The van der Waals surface area contributed by atoms with Crippen molar-refractivity contribution in [3.63, 3.8) is 0 Å². The molecular formula is C9H9N7S. The van der Waals surface area contributed by atoms with Gasteiger partial charge in [0.15, 0.2) is 11.5 Å². The van der Waals surface area contributed by atoms with Crippen LogP contribution in [-0.4, -0.2) is 30.0 Å². The Balaban J connectivity index is 1.83. The molecule has 1 N–H and O–H groups in total. The van der Waals surface area contributed by atoms with Gasteiger partial charge in [-0.15, -0.1) is 16.4 Å². The van der Waals surface area contributed by atoms with E-state index < -0.39 is 0 Å². The molecule has 86 valence electrons. The van der Waals surface area contributed by atoms with E-state index in [1.807, 2.05) is 12.3 Å². The van der Waals surface area contributed by atoms with Gasteiger partial charge >= 0.3 is 0 Å². The van der Waals surface area contributed by atoms with Crippen molar-refractivity contribution in [1.29, 1.82) is 0 Å². The third-order valence-corrected chi connectivity index (χ3v) is 3.05. The van der Waals surface area contributed by atoms with Crippen molar-refractivity contribution >= 4 is 22.8 Å². The van der Waals surface area contributed by atoms with Gasteiger partial charge in [-0.2, -0.15) is 4.52 Å². The lowest BCUT2D eigenvalue weighted by atomic mass is 10.5. The number of aryl methyl sites for hydroxylation is 1. The van der Waals surface area contributed by atoms with E-state index in [1.165, 1.54) is 0 Å². The first kappa shape index (κ1) is 10.1. The van der Waals surface area contributed by atoms with E-state index in [0.717, 1.165) is 16.5 Å². The lowest BCUT2D eigenvalue weighted by Gasteiger charge is -2.04. The van der Waals surface area contributed by atoms with E-state index in [1.54, 1.807) is 28.2 Å². The van der Waals surface area contributed by atoms with Gasteiger partial charge in [0.2, 0.25) is 0 Å². The lowest BCUT2D eigenvalue weighted by Crippen LogP contribution is -2.06. The minimum atomic E-state index is 0.615. The Bertz CT molecular complexity index is 643. The first-order valence-electron chi connectivity index (χ1n) is 5.00. The second kappa shape index (κ2) is 4.06. The maximum Gasteiger partial charge on any atom is 0.199 e. The van der Waals surface area contributed by atoms with E-state index in [4.69, 9.17) is 0 Å². The Labute approximate surface area is 101 Å². The van der Waals surface area contributed by atoms with Crippen LogP contribution in [0.2, 0.25) is 0 Å². The van der Waals surface area contributed by atoms with Crippen molar-refractivity contribution in [2.45, 2.75) is 13.5 Å². The third-order valence-electron chi connectivity index (χ3n) is 2.23. The average molecular weight is 247 g/mol. The van der Waals surface area contributed by atoms with Crippen LogP contribution in [-0.2, 0) is 6.54 Å². The largest absolute Gasteiger partial charge is 0.363 e. The van der Waals surface area contributed by atoms with Gasteiger partial charge in [0.25, 0.3) is 0 Å². The van der Waals surface area contributed by atoms with Gasteiger partial charge in [-0.25, -0.2) is 4.98 Å². The van der Waals surface area contributed by atoms with Crippen molar-refractivity contribution in [2.75, 3.05) is 5.32 Å². The summed E-state index contributed by atoms with van der Waals surface area (Å²) in [5.41, 5.74) is 1.61. The van der Waals surface area contributed by atoms with Gasteiger partial charge < -0.3 is 5.32 Å². The molecule has 3 heterocycles. The zero-order valence-corrected chi connectivity index (χ0v) is 9.85. The van der Waals surface area contributed by atoms with Crippen LogP contribution in [0.25, 0.3) is 5.65 Å². The summed E-state index contributed by atoms with van der Waals surface area (Å²) >= 11 is 1.63. The van der Waals surface area contributed by atoms with Crippen LogP contribution in [0.1, 0.15) is 10.7 Å². The molecule has 0 bridgehead atoms. The highest BCUT2D eigenvalue weighted by Crippen LogP contribution is 2.11. The van der Waals surface area contributed by atoms with Gasteiger partial charge in [0, 0.05) is 5.38 Å². The van der Waals surface area contributed by atoms with E-state index >= 15 is 0 Å². The zero-order valence-electron chi connectivity index (χ0n) is 9.03. The molecule has 0 unspecified atom stereocenters. The Morgan fingerprint density at radius 3 is 3.18 bits per heavy atom. The number of fused-ring (bicyclic) bond motifs is 1. The number of nitrogens with one attached hydrogen (secondary N) is 1. The highest BCUT2D eigenvalue weighted by molar-refractivity contribution is 7.09. The summed E-state index contributed by atoms with van der Waals surface area (Å²) in [7, 11) is 0. The fraction of sp³-hybridized carbons (Fsp3) is 0.222. The molecule has 0 fully saturated rings. The maximum absolute atomic E-state index is 4.37. The Hall–Kier alpha value is -2.09. The Kier molecular flexibility index (Phi) is 2.41. The summed E-state index contributed by atoms with van der Waals surface area (Å²) in [6, 6.07) is 0. The molecule has 0 radical (unpaired) electrons. The highest BCUT2D eigenvalue weighted by Gasteiger charge is 2.04. The number of hydrogen-bond donors (Lipinski definition) is 1. The molecule has 0 aliphatic carbocycles. The van der Waals surface area contributed by atoms with E-state index in [9.17, 15) is 0 Å². The van der Waals surface area contributed by atoms with Crippen molar-refractivity contribution in [2.24, 2.45) is 0 Å². The Morgan fingerprint density at radius 1 is 1.41 bits per heavy atom. The molecule has 7 nitrogen and oxygen atoms in total. The van der Waals surface area contributed by atoms with Crippen LogP contribution in [0.3, 0.4) is 0 Å². The topological polar surface area (TPSA) is 80.9 Å². The molecule has 0 saturated heterocycles. The average Bonchev–Trinajstić information content (AvgIpc) is 2.94. The number of anilines is 1. The fourth-order valence-corrected chi connectivity index (χ4v) is 2.08. The van der Waals surface area contributed by atoms with Crippen LogP contribution >= 0.6 is 11.3 Å². The van der Waals surface area contributed by atoms with Crippen molar-refractivity contribution < 1.29 is 0 Å². The summed E-state index contributed by atoms with van der Waals surface area (Å²) in [4.78, 5) is 8.43. The summed E-state index contributed by atoms with van der Waals surface area (Å²) < 4.78 is 1.60. The molecule has 17 heavy (non-hydrogen) atoms. The van der Waals surface area contributed by atoms with Gasteiger partial charge in [0.05, 0.1) is 29.6 Å². The zero-order chi connectivity index (χ0) is 11.7. The predicted octanol–water partition coefficient (Wildman–Crippen LogP) is 0.896. The predicted molar refractivity (Wildman–Crippen MR) is 62.8 cm³/mol. The SMILES string of the molecule is Cc1nc(CNc2cncc3nnnn23)cs1. The standard InChI is InChI=1S/C9H9N7S/c1-6-12-7(5-17-6)2-11-8-3-10-4-9-13-14-15-16(8)9/h3-5,11H,2H2,1H3. The number of tetrazole rings is 1. The monoisotopic (exact) mass is 247 g/mol. The second-order valence-electron chi connectivity index (χ2n) is 3.45. The van der Waals surface area contributed by atoms with E-state index in [-0.39, 0.29) is 0 Å². The molecule has 0 aliphatic rings. The molecule has 0 amide bonds. The minimum Gasteiger partial charge on any atom is -0.363 e. The molecule has 3 rings (SSSR count). The first-order valence-corrected chi connectivity index (χ1v) is 5.88. The van der Waals surface area contributed by atoms with Gasteiger partial charge in [-0.05, 0) is 17.4 Å². The molecule has 0 aromatic carbocycles. The molecule has 3 aromatic rings. The molecule has 0 saturated carbocycles. The minimum absolute atomic E-state index is 0.615. The number of thiazole rings is 1. The van der Waals surface area contributed by atoms with E-state index in [2.05, 4.69) is 30.8 Å². The van der Waals surface area contributed by atoms with Gasteiger partial charge in [-0.1, -0.05) is 0 Å². The first-order chi connectivity index (χ1) is 8.33. The molecule has 0 aliphatic heterocycles. The highest BCUT2D eigenvalue weighted by atomic mass is 32.1. The number of aromatic nitrogens is 6. The van der Waals surface area contributed by atoms with Crippen LogP contribution < -0.4 is 5.32 Å². The molecule has 0 atom stereocenters. The van der Waals surface area contributed by atoms with Crippen LogP contribution in [0, 0.1) is 6.92 Å². The number of rotatable bonds is 3. The summed E-state index contributed by atoms with van der Waals surface area (Å²) in [5.74, 6) is 0.748. The molecule has 3 aromatic heterocycles. The van der Waals surface area contributed by atoms with Crippen molar-refractivity contribution in [3.05, 3.63) is 28.5 Å². The van der Waals surface area contributed by atoms with Crippen molar-refractivity contribution in [3.8, 4) is 0 Å². The lowest BCUT2D eigenvalue weighted by molar-refractivity contribution is 0.818. The quantitative estimate of drug-likeness (QED) is 0.740. The fourth-order valence-electron chi connectivity index (χ4n) is 1.47. The van der Waals surface area contributed by atoms with Gasteiger partial charge in [0.1, 0.15) is 0 Å². The van der Waals surface area contributed by atoms with Crippen LogP contribution in [0.4, 0.5) is 5.82 Å². The van der Waals surface area contributed by atoms with Crippen LogP contribution in [0.5, 0.6) is 0 Å². The van der Waals surface area contributed by atoms with Crippen LogP contribution in [0.15, 0.2) is 17.8 Å². The molecule has 8 heteroatoms. The summed E-state index contributed by atoms with van der Waals surface area (Å²) in [6.45, 7) is 2.61. The smallest absolute Gasteiger partial charge is 0.199 e. The summed E-state index contributed by atoms with van der Waals surface area (Å²) in [5, 5.41) is 17.6. The maximum atomic E-state index is 4.37. The number of nitrogens with zero attached hydrogens (tertiary/aromatic N) is 6. The second-order valence-corrected chi connectivity index (χ2v) is 4.52. The molecule has 0 spiro atoms. The van der Waals surface area contributed by atoms with Crippen molar-refractivity contribution in [1.82, 2.24) is 30.0 Å². The normalized spacial score (nSPS) is 10.9. The van der Waals surface area contributed by atoms with E-state index in [0.29, 0.717) is 12.2 Å². The number of hydrogen-bond acceptors (Lipinski definition) is 7. The van der Waals surface area contributed by atoms with Gasteiger partial charge in [-0.3, -0.25) is 4.98 Å². The Morgan fingerprint density at radius 2 is 2.35 bits per heavy atom. The molecular weight excluding hydrogens is 238 g/mol. The summed E-state index contributed by atoms with van der Waals surface area (Å²) in [6.07, 6.45) is 3.29.